The highest BCUT2D eigenvalue weighted by Crippen LogP contribution is 2.33. The fourth-order valence-corrected chi connectivity index (χ4v) is 3.10. The quantitative estimate of drug-likeness (QED) is 0.801. The van der Waals surface area contributed by atoms with Crippen LogP contribution in [0.5, 0.6) is 0 Å². The van der Waals surface area contributed by atoms with Crippen molar-refractivity contribution in [1.82, 2.24) is 5.32 Å². The van der Waals surface area contributed by atoms with Crippen molar-refractivity contribution < 1.29 is 4.74 Å². The molecule has 0 amide bonds. The molecule has 2 heteroatoms. The summed E-state index contributed by atoms with van der Waals surface area (Å²) in [6.45, 7) is 3.25. The van der Waals surface area contributed by atoms with Crippen LogP contribution in [0, 0.1) is 12.8 Å². The van der Waals surface area contributed by atoms with Gasteiger partial charge in [-0.15, -0.1) is 0 Å². The van der Waals surface area contributed by atoms with E-state index in [0.717, 1.165) is 12.5 Å². The summed E-state index contributed by atoms with van der Waals surface area (Å²) in [5.41, 5.74) is 2.58. The maximum absolute atomic E-state index is 6.22. The molecule has 1 aromatic carbocycles. The van der Waals surface area contributed by atoms with Gasteiger partial charge in [0.15, 0.2) is 0 Å². The predicted molar refractivity (Wildman–Crippen MR) is 68.8 cm³/mol. The van der Waals surface area contributed by atoms with Crippen LogP contribution in [0.1, 0.15) is 43.0 Å². The summed E-state index contributed by atoms with van der Waals surface area (Å²) in [5, 5.41) is 3.54. The number of rotatable bonds is 1. The number of ether oxygens (including phenoxy) is 1. The van der Waals surface area contributed by atoms with Gasteiger partial charge in [-0.3, -0.25) is 5.32 Å². The van der Waals surface area contributed by atoms with Crippen molar-refractivity contribution in [2.45, 2.75) is 44.9 Å². The first kappa shape index (κ1) is 11.2. The molecule has 2 aliphatic rings. The van der Waals surface area contributed by atoms with Gasteiger partial charge in [-0.2, -0.15) is 0 Å². The molecule has 92 valence electrons. The van der Waals surface area contributed by atoms with Crippen LogP contribution in [0.2, 0.25) is 0 Å². The van der Waals surface area contributed by atoms with Gasteiger partial charge in [0, 0.05) is 6.54 Å². The Bertz CT molecular complexity index is 390. The molecule has 3 atom stereocenters. The van der Waals surface area contributed by atoms with Gasteiger partial charge in [0.25, 0.3) is 0 Å². The van der Waals surface area contributed by atoms with Crippen LogP contribution in [0.25, 0.3) is 0 Å². The van der Waals surface area contributed by atoms with Crippen LogP contribution in [-0.4, -0.2) is 12.6 Å². The van der Waals surface area contributed by atoms with E-state index in [9.17, 15) is 0 Å². The third kappa shape index (κ3) is 2.38. The van der Waals surface area contributed by atoms with Gasteiger partial charge in [-0.25, -0.2) is 0 Å². The molecule has 0 aromatic heterocycles. The zero-order valence-corrected chi connectivity index (χ0v) is 10.5. The Balaban J connectivity index is 1.73. The maximum atomic E-state index is 6.22. The number of aryl methyl sites for hydroxylation is 1. The maximum Gasteiger partial charge on any atom is 0.134 e. The molecule has 1 saturated heterocycles. The molecule has 17 heavy (non-hydrogen) atoms. The van der Waals surface area contributed by atoms with Crippen LogP contribution in [0.4, 0.5) is 0 Å². The average molecular weight is 231 g/mol. The lowest BCUT2D eigenvalue weighted by Crippen LogP contribution is -2.45. The number of hydrogen-bond donors (Lipinski definition) is 1. The van der Waals surface area contributed by atoms with Crippen LogP contribution in [0.15, 0.2) is 24.3 Å². The zero-order chi connectivity index (χ0) is 11.7. The number of benzene rings is 1. The molecule has 2 nitrogen and oxygen atoms in total. The monoisotopic (exact) mass is 231 g/mol. The van der Waals surface area contributed by atoms with E-state index in [1.807, 2.05) is 0 Å². The molecule has 1 heterocycles. The molecular formula is C15H21NO. The Labute approximate surface area is 103 Å². The lowest BCUT2D eigenvalue weighted by atomic mass is 9.85. The van der Waals surface area contributed by atoms with Crippen molar-refractivity contribution in [3.8, 4) is 0 Å². The lowest BCUT2D eigenvalue weighted by Gasteiger charge is -2.40. The van der Waals surface area contributed by atoms with E-state index in [-0.39, 0.29) is 6.23 Å². The van der Waals surface area contributed by atoms with Crippen molar-refractivity contribution in [2.24, 2.45) is 5.92 Å². The molecule has 1 unspecified atom stereocenters. The minimum Gasteiger partial charge on any atom is -0.356 e. The SMILES string of the molecule is Cc1cccc(C2NC[C@H]3CCCC[C@@H]3O2)c1. The summed E-state index contributed by atoms with van der Waals surface area (Å²) in [4.78, 5) is 0. The van der Waals surface area contributed by atoms with Crippen LogP contribution < -0.4 is 5.32 Å². The predicted octanol–water partition coefficient (Wildman–Crippen LogP) is 3.17. The second-order valence-corrected chi connectivity index (χ2v) is 5.42. The summed E-state index contributed by atoms with van der Waals surface area (Å²) in [7, 11) is 0. The molecule has 1 aromatic rings. The summed E-state index contributed by atoms with van der Waals surface area (Å²) in [6, 6.07) is 8.63. The van der Waals surface area contributed by atoms with Crippen LogP contribution >= 0.6 is 0 Å². The van der Waals surface area contributed by atoms with E-state index in [1.165, 1.54) is 36.8 Å². The average Bonchev–Trinajstić information content (AvgIpc) is 2.38. The minimum atomic E-state index is 0.106. The van der Waals surface area contributed by atoms with Crippen LogP contribution in [0.3, 0.4) is 0 Å². The largest absolute Gasteiger partial charge is 0.356 e. The first-order valence-electron chi connectivity index (χ1n) is 6.78. The highest BCUT2D eigenvalue weighted by molar-refractivity contribution is 5.24. The molecule has 1 saturated carbocycles. The molecule has 1 aliphatic heterocycles. The Morgan fingerprint density at radius 2 is 2.12 bits per heavy atom. The second-order valence-electron chi connectivity index (χ2n) is 5.42. The number of fused-ring (bicyclic) bond motifs is 1. The van der Waals surface area contributed by atoms with E-state index in [1.54, 1.807) is 0 Å². The topological polar surface area (TPSA) is 21.3 Å². The summed E-state index contributed by atoms with van der Waals surface area (Å²) < 4.78 is 6.22. The fourth-order valence-electron chi connectivity index (χ4n) is 3.10. The lowest BCUT2D eigenvalue weighted by molar-refractivity contribution is -0.109. The Morgan fingerprint density at radius 3 is 3.00 bits per heavy atom. The van der Waals surface area contributed by atoms with Gasteiger partial charge >= 0.3 is 0 Å². The van der Waals surface area contributed by atoms with Crippen molar-refractivity contribution >= 4 is 0 Å². The summed E-state index contributed by atoms with van der Waals surface area (Å²) in [5.74, 6) is 0.741. The summed E-state index contributed by atoms with van der Waals surface area (Å²) in [6.07, 6.45) is 5.88. The first-order chi connectivity index (χ1) is 8.33. The van der Waals surface area contributed by atoms with Gasteiger partial charge in [-0.05, 0) is 31.2 Å². The highest BCUT2D eigenvalue weighted by atomic mass is 16.5. The van der Waals surface area contributed by atoms with E-state index >= 15 is 0 Å². The molecule has 0 bridgehead atoms. The minimum absolute atomic E-state index is 0.106. The highest BCUT2D eigenvalue weighted by Gasteiger charge is 2.33. The fraction of sp³-hybridized carbons (Fsp3) is 0.600. The number of nitrogens with one attached hydrogen (secondary N) is 1. The third-order valence-electron chi connectivity index (χ3n) is 4.06. The first-order valence-corrected chi connectivity index (χ1v) is 6.78. The molecule has 1 N–H and O–H groups in total. The molecule has 2 fully saturated rings. The smallest absolute Gasteiger partial charge is 0.134 e. The van der Waals surface area contributed by atoms with Gasteiger partial charge in [0.1, 0.15) is 6.23 Å². The van der Waals surface area contributed by atoms with E-state index in [4.69, 9.17) is 4.74 Å². The van der Waals surface area contributed by atoms with Crippen LogP contribution in [-0.2, 0) is 4.74 Å². The Hall–Kier alpha value is -0.860. The zero-order valence-electron chi connectivity index (χ0n) is 10.5. The third-order valence-corrected chi connectivity index (χ3v) is 4.06. The molecule has 1 aliphatic carbocycles. The Morgan fingerprint density at radius 1 is 1.24 bits per heavy atom. The molecule has 0 spiro atoms. The van der Waals surface area contributed by atoms with Crippen molar-refractivity contribution in [3.63, 3.8) is 0 Å². The standard InChI is InChI=1S/C15H21NO/c1-11-5-4-7-12(9-11)15-16-10-13-6-2-3-8-14(13)17-15/h4-5,7,9,13-16H,2-3,6,8,10H2,1H3/t13-,14+,15?/m1/s1. The molecule has 3 rings (SSSR count). The van der Waals surface area contributed by atoms with E-state index in [2.05, 4.69) is 36.5 Å². The summed E-state index contributed by atoms with van der Waals surface area (Å²) >= 11 is 0. The Kier molecular flexibility index (Phi) is 3.17. The van der Waals surface area contributed by atoms with Gasteiger partial charge in [0.05, 0.1) is 6.10 Å². The molecule has 0 radical (unpaired) electrons. The van der Waals surface area contributed by atoms with Crippen molar-refractivity contribution in [2.75, 3.05) is 6.54 Å². The van der Waals surface area contributed by atoms with Gasteiger partial charge < -0.3 is 4.74 Å². The molecular weight excluding hydrogens is 210 g/mol. The normalized spacial score (nSPS) is 33.1. The van der Waals surface area contributed by atoms with Gasteiger partial charge in [0.2, 0.25) is 0 Å². The second kappa shape index (κ2) is 4.79. The van der Waals surface area contributed by atoms with E-state index in [0.29, 0.717) is 6.10 Å². The van der Waals surface area contributed by atoms with Crippen molar-refractivity contribution in [3.05, 3.63) is 35.4 Å². The number of hydrogen-bond acceptors (Lipinski definition) is 2. The van der Waals surface area contributed by atoms with E-state index < -0.39 is 0 Å². The van der Waals surface area contributed by atoms with Gasteiger partial charge in [-0.1, -0.05) is 42.7 Å². The van der Waals surface area contributed by atoms with Crippen molar-refractivity contribution in [1.29, 1.82) is 0 Å².